The Morgan fingerprint density at radius 3 is 2.00 bits per heavy atom. The van der Waals surface area contributed by atoms with E-state index in [1.165, 1.54) is 0 Å². The summed E-state index contributed by atoms with van der Waals surface area (Å²) in [7, 11) is 0. The molecule has 0 saturated heterocycles. The van der Waals surface area contributed by atoms with Gasteiger partial charge < -0.3 is 10.2 Å². The van der Waals surface area contributed by atoms with Crippen molar-refractivity contribution in [2.24, 2.45) is 10.2 Å². The molecule has 0 aliphatic heterocycles. The van der Waals surface area contributed by atoms with E-state index in [0.29, 0.717) is 13.1 Å². The first-order chi connectivity index (χ1) is 10.7. The molecule has 2 amide bonds. The normalized spacial score (nSPS) is 10.6. The van der Waals surface area contributed by atoms with Crippen LogP contribution < -0.4 is 5.32 Å². The first-order valence-electron chi connectivity index (χ1n) is 7.35. The molecule has 0 heterocycles. The van der Waals surface area contributed by atoms with Crippen molar-refractivity contribution in [2.45, 2.75) is 13.8 Å². The molecule has 5 nitrogen and oxygen atoms in total. The standard InChI is InChI=1S/C17H20N4O/c1-3-21(4-2)17(22)18-14-10-12-16(13-11-14)20-19-15-8-6-5-7-9-15/h5-13H,3-4H2,1-2H3,(H,18,22). The molecule has 0 aliphatic carbocycles. The molecule has 0 fully saturated rings. The number of urea groups is 1. The molecule has 22 heavy (non-hydrogen) atoms. The molecule has 2 aromatic rings. The first kappa shape index (κ1) is 15.7. The number of nitrogens with zero attached hydrogens (tertiary/aromatic N) is 3. The van der Waals surface area contributed by atoms with Crippen molar-refractivity contribution in [3.05, 3.63) is 54.6 Å². The summed E-state index contributed by atoms with van der Waals surface area (Å²) < 4.78 is 0. The maximum Gasteiger partial charge on any atom is 0.321 e. The Morgan fingerprint density at radius 1 is 0.909 bits per heavy atom. The van der Waals surface area contributed by atoms with E-state index in [0.717, 1.165) is 17.1 Å². The predicted molar refractivity (Wildman–Crippen MR) is 89.0 cm³/mol. The number of rotatable bonds is 5. The average Bonchev–Trinajstić information content (AvgIpc) is 2.56. The van der Waals surface area contributed by atoms with Gasteiger partial charge in [-0.1, -0.05) is 18.2 Å². The van der Waals surface area contributed by atoms with E-state index in [4.69, 9.17) is 0 Å². The second kappa shape index (κ2) is 7.93. The van der Waals surface area contributed by atoms with Crippen LogP contribution in [0.3, 0.4) is 0 Å². The van der Waals surface area contributed by atoms with Crippen LogP contribution in [-0.4, -0.2) is 24.0 Å². The number of benzene rings is 2. The molecule has 0 saturated carbocycles. The number of anilines is 1. The molecule has 0 aliphatic rings. The van der Waals surface area contributed by atoms with Gasteiger partial charge in [-0.05, 0) is 50.2 Å². The van der Waals surface area contributed by atoms with Crippen molar-refractivity contribution in [1.29, 1.82) is 0 Å². The highest BCUT2D eigenvalue weighted by Gasteiger charge is 2.08. The van der Waals surface area contributed by atoms with Gasteiger partial charge >= 0.3 is 6.03 Å². The number of hydrogen-bond donors (Lipinski definition) is 1. The van der Waals surface area contributed by atoms with Gasteiger partial charge in [0, 0.05) is 18.8 Å². The Labute approximate surface area is 130 Å². The van der Waals surface area contributed by atoms with E-state index >= 15 is 0 Å². The van der Waals surface area contributed by atoms with E-state index in [2.05, 4.69) is 15.5 Å². The van der Waals surface area contributed by atoms with Crippen LogP contribution in [0, 0.1) is 0 Å². The van der Waals surface area contributed by atoms with E-state index in [1.54, 1.807) is 4.90 Å². The summed E-state index contributed by atoms with van der Waals surface area (Å²) in [6.07, 6.45) is 0. The smallest absolute Gasteiger partial charge is 0.321 e. The van der Waals surface area contributed by atoms with Crippen LogP contribution in [0.1, 0.15) is 13.8 Å². The minimum Gasteiger partial charge on any atom is -0.325 e. The van der Waals surface area contributed by atoms with Gasteiger partial charge in [-0.2, -0.15) is 10.2 Å². The van der Waals surface area contributed by atoms with Gasteiger partial charge in [0.1, 0.15) is 0 Å². The van der Waals surface area contributed by atoms with Crippen LogP contribution in [0.4, 0.5) is 21.9 Å². The molecule has 0 unspecified atom stereocenters. The van der Waals surface area contributed by atoms with Gasteiger partial charge in [-0.25, -0.2) is 4.79 Å². The maximum absolute atomic E-state index is 11.9. The molecular formula is C17H20N4O. The first-order valence-corrected chi connectivity index (χ1v) is 7.35. The highest BCUT2D eigenvalue weighted by Crippen LogP contribution is 2.20. The van der Waals surface area contributed by atoms with Crippen molar-refractivity contribution < 1.29 is 4.79 Å². The third-order valence-electron chi connectivity index (χ3n) is 3.21. The summed E-state index contributed by atoms with van der Waals surface area (Å²) >= 11 is 0. The Hall–Kier alpha value is -2.69. The van der Waals surface area contributed by atoms with Crippen LogP contribution >= 0.6 is 0 Å². The number of amides is 2. The minimum absolute atomic E-state index is 0.0938. The lowest BCUT2D eigenvalue weighted by atomic mass is 10.3. The SMILES string of the molecule is CCN(CC)C(=O)Nc1ccc(N=Nc2ccccc2)cc1. The third kappa shape index (κ3) is 4.41. The van der Waals surface area contributed by atoms with Crippen LogP contribution in [0.5, 0.6) is 0 Å². The largest absolute Gasteiger partial charge is 0.325 e. The molecule has 0 spiro atoms. The van der Waals surface area contributed by atoms with Gasteiger partial charge in [0.25, 0.3) is 0 Å². The Balaban J connectivity index is 1.98. The van der Waals surface area contributed by atoms with Gasteiger partial charge in [-0.15, -0.1) is 0 Å². The zero-order valence-corrected chi connectivity index (χ0v) is 12.9. The maximum atomic E-state index is 11.9. The monoisotopic (exact) mass is 296 g/mol. The van der Waals surface area contributed by atoms with E-state index < -0.39 is 0 Å². The third-order valence-corrected chi connectivity index (χ3v) is 3.21. The van der Waals surface area contributed by atoms with E-state index in [-0.39, 0.29) is 6.03 Å². The fourth-order valence-corrected chi connectivity index (χ4v) is 1.93. The average molecular weight is 296 g/mol. The van der Waals surface area contributed by atoms with Crippen LogP contribution in [0.2, 0.25) is 0 Å². The molecule has 0 radical (unpaired) electrons. The lowest BCUT2D eigenvalue weighted by Crippen LogP contribution is -2.34. The summed E-state index contributed by atoms with van der Waals surface area (Å²) in [6, 6.07) is 16.7. The fourth-order valence-electron chi connectivity index (χ4n) is 1.93. The summed E-state index contributed by atoms with van der Waals surface area (Å²) in [5.41, 5.74) is 2.29. The fraction of sp³-hybridized carbons (Fsp3) is 0.235. The molecule has 0 bridgehead atoms. The zero-order chi connectivity index (χ0) is 15.8. The van der Waals surface area contributed by atoms with Gasteiger partial charge in [0.05, 0.1) is 11.4 Å². The van der Waals surface area contributed by atoms with Crippen molar-refractivity contribution in [3.63, 3.8) is 0 Å². The van der Waals surface area contributed by atoms with Gasteiger partial charge in [0.15, 0.2) is 0 Å². The van der Waals surface area contributed by atoms with Gasteiger partial charge in [-0.3, -0.25) is 0 Å². The second-order valence-electron chi connectivity index (χ2n) is 4.68. The number of carbonyl (C=O) groups excluding carboxylic acids is 1. The van der Waals surface area contributed by atoms with Gasteiger partial charge in [0.2, 0.25) is 0 Å². The van der Waals surface area contributed by atoms with Crippen molar-refractivity contribution in [1.82, 2.24) is 4.90 Å². The predicted octanol–water partition coefficient (Wildman–Crippen LogP) is 4.98. The highest BCUT2D eigenvalue weighted by molar-refractivity contribution is 5.89. The molecule has 2 aromatic carbocycles. The van der Waals surface area contributed by atoms with Crippen molar-refractivity contribution >= 4 is 23.1 Å². The lowest BCUT2D eigenvalue weighted by molar-refractivity contribution is 0.217. The molecule has 114 valence electrons. The lowest BCUT2D eigenvalue weighted by Gasteiger charge is -2.19. The Morgan fingerprint density at radius 2 is 1.45 bits per heavy atom. The number of hydrogen-bond acceptors (Lipinski definition) is 3. The van der Waals surface area contributed by atoms with Crippen molar-refractivity contribution in [3.8, 4) is 0 Å². The minimum atomic E-state index is -0.0938. The van der Waals surface area contributed by atoms with Crippen LogP contribution in [0.25, 0.3) is 0 Å². The quantitative estimate of drug-likeness (QED) is 0.777. The number of nitrogens with one attached hydrogen (secondary N) is 1. The van der Waals surface area contributed by atoms with E-state index in [9.17, 15) is 4.79 Å². The second-order valence-corrected chi connectivity index (χ2v) is 4.68. The molecule has 0 atom stereocenters. The number of carbonyl (C=O) groups is 1. The molecule has 2 rings (SSSR count). The molecular weight excluding hydrogens is 276 g/mol. The zero-order valence-electron chi connectivity index (χ0n) is 12.9. The molecule has 5 heteroatoms. The van der Waals surface area contributed by atoms with Crippen LogP contribution in [0.15, 0.2) is 64.8 Å². The highest BCUT2D eigenvalue weighted by atomic mass is 16.2. The molecule has 0 aromatic heterocycles. The Bertz CT molecular complexity index is 619. The van der Waals surface area contributed by atoms with Crippen molar-refractivity contribution in [2.75, 3.05) is 18.4 Å². The Kier molecular flexibility index (Phi) is 5.65. The molecule has 1 N–H and O–H groups in total. The summed E-state index contributed by atoms with van der Waals surface area (Å²) in [5, 5.41) is 11.2. The van der Waals surface area contributed by atoms with E-state index in [1.807, 2.05) is 68.4 Å². The summed E-state index contributed by atoms with van der Waals surface area (Å²) in [6.45, 7) is 5.28. The topological polar surface area (TPSA) is 57.1 Å². The summed E-state index contributed by atoms with van der Waals surface area (Å²) in [5.74, 6) is 0. The number of azo groups is 1. The summed E-state index contributed by atoms with van der Waals surface area (Å²) in [4.78, 5) is 13.7. The van der Waals surface area contributed by atoms with Crippen LogP contribution in [-0.2, 0) is 0 Å².